The van der Waals surface area contributed by atoms with Gasteiger partial charge in [0, 0.05) is 11.3 Å². The van der Waals surface area contributed by atoms with Crippen LogP contribution in [0.3, 0.4) is 0 Å². The monoisotopic (exact) mass is 404 g/mol. The number of amides is 1. The molecule has 0 saturated carbocycles. The number of hydrogen-bond donors (Lipinski definition) is 1. The van der Waals surface area contributed by atoms with Crippen LogP contribution < -0.4 is 10.1 Å². The van der Waals surface area contributed by atoms with Crippen LogP contribution in [0.2, 0.25) is 0 Å². The predicted molar refractivity (Wildman–Crippen MR) is 114 cm³/mol. The molecule has 0 aliphatic carbocycles. The summed E-state index contributed by atoms with van der Waals surface area (Å²) >= 11 is 1.48. The Morgan fingerprint density at radius 1 is 1.03 bits per heavy atom. The van der Waals surface area contributed by atoms with Gasteiger partial charge < -0.3 is 9.15 Å². The second kappa shape index (κ2) is 8.75. The maximum atomic E-state index is 12.5. The van der Waals surface area contributed by atoms with Gasteiger partial charge in [0.05, 0.1) is 5.69 Å². The van der Waals surface area contributed by atoms with Crippen molar-refractivity contribution in [2.75, 3.05) is 5.32 Å². The lowest BCUT2D eigenvalue weighted by Crippen LogP contribution is -2.10. The van der Waals surface area contributed by atoms with Gasteiger partial charge in [0.25, 0.3) is 5.91 Å². The van der Waals surface area contributed by atoms with Gasteiger partial charge in [0.1, 0.15) is 18.1 Å². The van der Waals surface area contributed by atoms with Gasteiger partial charge in [-0.25, -0.2) is 4.98 Å². The van der Waals surface area contributed by atoms with Crippen LogP contribution in [0.5, 0.6) is 5.75 Å². The fourth-order valence-corrected chi connectivity index (χ4v) is 3.83. The summed E-state index contributed by atoms with van der Waals surface area (Å²) in [5.41, 5.74) is 2.14. The fraction of sp³-hybridized carbons (Fsp3) is 0.130. The van der Waals surface area contributed by atoms with E-state index in [9.17, 15) is 4.79 Å². The first-order chi connectivity index (χ1) is 14.2. The average molecular weight is 404 g/mol. The largest absolute Gasteiger partial charge is 0.486 e. The molecule has 0 fully saturated rings. The van der Waals surface area contributed by atoms with Gasteiger partial charge in [0.2, 0.25) is 0 Å². The maximum Gasteiger partial charge on any atom is 0.293 e. The third-order valence-electron chi connectivity index (χ3n) is 4.33. The summed E-state index contributed by atoms with van der Waals surface area (Å²) in [6.45, 7) is 2.21. The number of thiazole rings is 1. The van der Waals surface area contributed by atoms with Crippen molar-refractivity contribution in [2.24, 2.45) is 0 Å². The van der Waals surface area contributed by atoms with E-state index >= 15 is 0 Å². The van der Waals surface area contributed by atoms with Crippen LogP contribution in [-0.4, -0.2) is 10.9 Å². The number of carbonyl (C=O) groups excluding carboxylic acids is 1. The topological polar surface area (TPSA) is 64.4 Å². The molecule has 0 bridgehead atoms. The maximum absolute atomic E-state index is 12.5. The number of rotatable bonds is 7. The molecule has 0 radical (unpaired) electrons. The van der Waals surface area contributed by atoms with Crippen molar-refractivity contribution in [1.82, 2.24) is 4.98 Å². The Hall–Kier alpha value is -3.38. The van der Waals surface area contributed by atoms with Crippen molar-refractivity contribution in [2.45, 2.75) is 20.0 Å². The Kier molecular flexibility index (Phi) is 5.72. The highest BCUT2D eigenvalue weighted by atomic mass is 32.1. The molecule has 2 aromatic heterocycles. The van der Waals surface area contributed by atoms with E-state index in [0.29, 0.717) is 10.9 Å². The number of nitrogens with one attached hydrogen (secondary N) is 1. The van der Waals surface area contributed by atoms with Crippen molar-refractivity contribution in [3.8, 4) is 5.75 Å². The molecule has 1 amide bonds. The molecule has 0 unspecified atom stereocenters. The summed E-state index contributed by atoms with van der Waals surface area (Å²) in [7, 11) is 0. The standard InChI is InChI=1S/C23H20N2O3S/c1-16-21(14-17-8-4-2-5-9-17)29-23(24-16)25-22(26)20-13-12-19(28-20)15-27-18-10-6-3-7-11-18/h2-13H,14-15H2,1H3,(H,24,25,26). The van der Waals surface area contributed by atoms with Gasteiger partial charge in [-0.15, -0.1) is 11.3 Å². The Balaban J connectivity index is 1.37. The van der Waals surface area contributed by atoms with E-state index in [1.807, 2.05) is 55.5 Å². The van der Waals surface area contributed by atoms with Crippen molar-refractivity contribution in [1.29, 1.82) is 0 Å². The highest BCUT2D eigenvalue weighted by Gasteiger charge is 2.15. The first-order valence-corrected chi connectivity index (χ1v) is 10.1. The molecular weight excluding hydrogens is 384 g/mol. The summed E-state index contributed by atoms with van der Waals surface area (Å²) in [6.07, 6.45) is 0.794. The zero-order valence-corrected chi connectivity index (χ0v) is 16.7. The average Bonchev–Trinajstić information content (AvgIpc) is 3.35. The smallest absolute Gasteiger partial charge is 0.293 e. The van der Waals surface area contributed by atoms with Crippen molar-refractivity contribution >= 4 is 22.4 Å². The first-order valence-electron chi connectivity index (χ1n) is 9.25. The lowest BCUT2D eigenvalue weighted by molar-refractivity contribution is 0.0992. The number of para-hydroxylation sites is 1. The van der Waals surface area contributed by atoms with Gasteiger partial charge in [-0.2, -0.15) is 0 Å². The molecule has 5 nitrogen and oxygen atoms in total. The second-order valence-electron chi connectivity index (χ2n) is 6.51. The summed E-state index contributed by atoms with van der Waals surface area (Å²) in [4.78, 5) is 18.1. The SMILES string of the molecule is Cc1nc(NC(=O)c2ccc(COc3ccccc3)o2)sc1Cc1ccccc1. The third-order valence-corrected chi connectivity index (χ3v) is 5.40. The van der Waals surface area contributed by atoms with Gasteiger partial charge in [-0.1, -0.05) is 48.5 Å². The molecule has 4 aromatic rings. The quantitative estimate of drug-likeness (QED) is 0.444. The number of benzene rings is 2. The minimum absolute atomic E-state index is 0.231. The molecule has 0 saturated heterocycles. The molecular formula is C23H20N2O3S. The summed E-state index contributed by atoms with van der Waals surface area (Å²) in [6, 6.07) is 23.0. The van der Waals surface area contributed by atoms with Crippen LogP contribution in [0.15, 0.2) is 77.2 Å². The molecule has 2 heterocycles. The molecule has 29 heavy (non-hydrogen) atoms. The third kappa shape index (κ3) is 4.92. The highest BCUT2D eigenvalue weighted by Crippen LogP contribution is 2.26. The number of aromatic nitrogens is 1. The van der Waals surface area contributed by atoms with Gasteiger partial charge in [-0.05, 0) is 36.8 Å². The summed E-state index contributed by atoms with van der Waals surface area (Å²) < 4.78 is 11.3. The fourth-order valence-electron chi connectivity index (χ4n) is 2.83. The van der Waals surface area contributed by atoms with Gasteiger partial charge in [0.15, 0.2) is 10.9 Å². The number of anilines is 1. The summed E-state index contributed by atoms with van der Waals surface area (Å²) in [5, 5.41) is 3.39. The molecule has 0 spiro atoms. The van der Waals surface area contributed by atoms with Crippen LogP contribution in [0.1, 0.15) is 32.4 Å². The van der Waals surface area contributed by atoms with Crippen LogP contribution in [0, 0.1) is 6.92 Å². The first kappa shape index (κ1) is 19.0. The van der Waals surface area contributed by atoms with Crippen molar-refractivity contribution in [3.63, 3.8) is 0 Å². The lowest BCUT2D eigenvalue weighted by atomic mass is 10.1. The minimum atomic E-state index is -0.323. The Bertz CT molecular complexity index is 1090. The predicted octanol–water partition coefficient (Wildman–Crippen LogP) is 5.47. The second-order valence-corrected chi connectivity index (χ2v) is 7.60. The van der Waals surface area contributed by atoms with E-state index in [1.54, 1.807) is 12.1 Å². The number of aryl methyl sites for hydroxylation is 1. The zero-order chi connectivity index (χ0) is 20.1. The van der Waals surface area contributed by atoms with Crippen LogP contribution >= 0.6 is 11.3 Å². The number of furan rings is 1. The van der Waals surface area contributed by atoms with Crippen molar-refractivity contribution < 1.29 is 13.9 Å². The molecule has 4 rings (SSSR count). The van der Waals surface area contributed by atoms with Gasteiger partial charge >= 0.3 is 0 Å². The summed E-state index contributed by atoms with van der Waals surface area (Å²) in [5.74, 6) is 1.24. The van der Waals surface area contributed by atoms with Crippen LogP contribution in [-0.2, 0) is 13.0 Å². The van der Waals surface area contributed by atoms with Gasteiger partial charge in [-0.3, -0.25) is 10.1 Å². The molecule has 1 N–H and O–H groups in total. The number of carbonyl (C=O) groups is 1. The number of nitrogens with zero attached hydrogens (tertiary/aromatic N) is 1. The lowest BCUT2D eigenvalue weighted by Gasteiger charge is -2.03. The van der Waals surface area contributed by atoms with E-state index in [0.717, 1.165) is 22.7 Å². The number of hydrogen-bond acceptors (Lipinski definition) is 5. The van der Waals surface area contributed by atoms with E-state index in [1.165, 1.54) is 16.9 Å². The minimum Gasteiger partial charge on any atom is -0.486 e. The van der Waals surface area contributed by atoms with Crippen LogP contribution in [0.4, 0.5) is 5.13 Å². The zero-order valence-electron chi connectivity index (χ0n) is 15.9. The highest BCUT2D eigenvalue weighted by molar-refractivity contribution is 7.15. The molecule has 2 aromatic carbocycles. The molecule has 6 heteroatoms. The van der Waals surface area contributed by atoms with E-state index < -0.39 is 0 Å². The molecule has 0 aliphatic rings. The Labute approximate surface area is 173 Å². The Morgan fingerprint density at radius 2 is 1.76 bits per heavy atom. The van der Waals surface area contributed by atoms with Crippen LogP contribution in [0.25, 0.3) is 0 Å². The van der Waals surface area contributed by atoms with Crippen molar-refractivity contribution in [3.05, 3.63) is 100 Å². The molecule has 0 atom stereocenters. The molecule has 146 valence electrons. The molecule has 0 aliphatic heterocycles. The van der Waals surface area contributed by atoms with E-state index in [-0.39, 0.29) is 18.3 Å². The van der Waals surface area contributed by atoms with E-state index in [2.05, 4.69) is 22.4 Å². The van der Waals surface area contributed by atoms with E-state index in [4.69, 9.17) is 9.15 Å². The number of ether oxygens (including phenoxy) is 1. The Morgan fingerprint density at radius 3 is 2.52 bits per heavy atom. The normalized spacial score (nSPS) is 10.7.